The summed E-state index contributed by atoms with van der Waals surface area (Å²) in [5.74, 6) is 0. The Morgan fingerprint density at radius 2 is 1.92 bits per heavy atom. The molecular weight excluding hydrogens is 160 g/mol. The van der Waals surface area contributed by atoms with Gasteiger partial charge in [-0.05, 0) is 12.5 Å². The van der Waals surface area contributed by atoms with E-state index in [1.54, 1.807) is 0 Å². The van der Waals surface area contributed by atoms with Crippen LogP contribution < -0.4 is 0 Å². The number of rotatable bonds is 5. The van der Waals surface area contributed by atoms with Crippen LogP contribution in [0.15, 0.2) is 12.2 Å². The van der Waals surface area contributed by atoms with Crippen molar-refractivity contribution in [1.82, 2.24) is 0 Å². The van der Waals surface area contributed by atoms with Crippen LogP contribution in [0.4, 0.5) is 0 Å². The Balaban J connectivity index is 3.98. The summed E-state index contributed by atoms with van der Waals surface area (Å²) in [6, 6.07) is 1.48. The van der Waals surface area contributed by atoms with E-state index in [0.29, 0.717) is 0 Å². The summed E-state index contributed by atoms with van der Waals surface area (Å²) in [6.45, 7) is 11.8. The second-order valence-corrected chi connectivity index (χ2v) is 9.79. The molecule has 0 saturated carbocycles. The molecular formula is C11H24Si. The molecule has 0 aliphatic carbocycles. The Hall–Kier alpha value is -0.0431. The van der Waals surface area contributed by atoms with Gasteiger partial charge in [0.25, 0.3) is 0 Å². The topological polar surface area (TPSA) is 0 Å². The van der Waals surface area contributed by atoms with Crippen LogP contribution in [0.2, 0.25) is 24.7 Å². The molecule has 0 saturated heterocycles. The largest absolute Gasteiger partial charge is 0.0917 e. The Morgan fingerprint density at radius 3 is 2.33 bits per heavy atom. The summed E-state index contributed by atoms with van der Waals surface area (Å²) in [5, 5.41) is 0. The van der Waals surface area contributed by atoms with Gasteiger partial charge in [-0.2, -0.15) is 0 Å². The highest BCUT2D eigenvalue weighted by Crippen LogP contribution is 2.28. The molecule has 0 aliphatic heterocycles. The lowest BCUT2D eigenvalue weighted by Gasteiger charge is -2.27. The van der Waals surface area contributed by atoms with Gasteiger partial charge in [-0.15, -0.1) is 0 Å². The maximum Gasteiger partial charge on any atom is 0.0540 e. The van der Waals surface area contributed by atoms with Gasteiger partial charge < -0.3 is 0 Å². The van der Waals surface area contributed by atoms with Gasteiger partial charge in [0, 0.05) is 0 Å². The third kappa shape index (κ3) is 4.10. The first-order chi connectivity index (χ1) is 5.54. The van der Waals surface area contributed by atoms with Crippen LogP contribution in [0, 0.1) is 0 Å². The zero-order valence-electron chi connectivity index (χ0n) is 9.35. The molecule has 0 aromatic carbocycles. The molecule has 0 N–H and O–H groups in total. The molecule has 0 rings (SSSR count). The van der Waals surface area contributed by atoms with Crippen molar-refractivity contribution in [3.8, 4) is 0 Å². The normalized spacial score (nSPS) is 15.4. The molecule has 0 aliphatic rings. The lowest BCUT2D eigenvalue weighted by atomic mass is 10.4. The second kappa shape index (κ2) is 5.58. The van der Waals surface area contributed by atoms with Crippen LogP contribution in [0.5, 0.6) is 0 Å². The lowest BCUT2D eigenvalue weighted by Crippen LogP contribution is -2.29. The molecule has 1 atom stereocenters. The first-order valence-electron chi connectivity index (χ1n) is 5.17. The van der Waals surface area contributed by atoms with E-state index in [4.69, 9.17) is 0 Å². The summed E-state index contributed by atoms with van der Waals surface area (Å²) in [4.78, 5) is 0. The molecule has 0 heterocycles. The van der Waals surface area contributed by atoms with Crippen molar-refractivity contribution in [3.05, 3.63) is 12.2 Å². The monoisotopic (exact) mass is 184 g/mol. The predicted molar refractivity (Wildman–Crippen MR) is 61.4 cm³/mol. The Bertz CT molecular complexity index is 136. The molecule has 0 spiro atoms. The van der Waals surface area contributed by atoms with E-state index < -0.39 is 8.07 Å². The maximum absolute atomic E-state index is 2.51. The van der Waals surface area contributed by atoms with Crippen LogP contribution in [0.1, 0.15) is 33.6 Å². The SMILES string of the molecule is C/C=C\C(C)[Si](C)(C)CCCC. The van der Waals surface area contributed by atoms with Crippen LogP contribution in [0.3, 0.4) is 0 Å². The summed E-state index contributed by atoms with van der Waals surface area (Å²) in [7, 11) is -0.935. The van der Waals surface area contributed by atoms with E-state index in [-0.39, 0.29) is 0 Å². The first kappa shape index (κ1) is 12.0. The average Bonchev–Trinajstić information content (AvgIpc) is 2.01. The number of allylic oxidation sites excluding steroid dienone is 2. The summed E-state index contributed by atoms with van der Waals surface area (Å²) < 4.78 is 0. The lowest BCUT2D eigenvalue weighted by molar-refractivity contribution is 0.855. The maximum atomic E-state index is 2.51. The van der Waals surface area contributed by atoms with Gasteiger partial charge in [-0.3, -0.25) is 0 Å². The van der Waals surface area contributed by atoms with Crippen molar-refractivity contribution < 1.29 is 0 Å². The van der Waals surface area contributed by atoms with E-state index in [0.717, 1.165) is 5.54 Å². The Morgan fingerprint density at radius 1 is 1.33 bits per heavy atom. The van der Waals surface area contributed by atoms with Gasteiger partial charge in [0.2, 0.25) is 0 Å². The fourth-order valence-corrected chi connectivity index (χ4v) is 3.84. The molecule has 12 heavy (non-hydrogen) atoms. The van der Waals surface area contributed by atoms with Crippen LogP contribution in [0.25, 0.3) is 0 Å². The average molecular weight is 184 g/mol. The minimum absolute atomic E-state index is 0.842. The quantitative estimate of drug-likeness (QED) is 0.437. The molecule has 0 fully saturated rings. The molecule has 1 unspecified atom stereocenters. The van der Waals surface area contributed by atoms with E-state index in [1.807, 2.05) is 0 Å². The zero-order chi connectivity index (χ0) is 9.61. The summed E-state index contributed by atoms with van der Waals surface area (Å²) in [5.41, 5.74) is 0.842. The highest BCUT2D eigenvalue weighted by atomic mass is 28.3. The van der Waals surface area contributed by atoms with Crippen molar-refractivity contribution in [2.45, 2.75) is 58.3 Å². The molecule has 0 aromatic rings. The van der Waals surface area contributed by atoms with Crippen molar-refractivity contribution in [3.63, 3.8) is 0 Å². The Kier molecular flexibility index (Phi) is 5.56. The highest BCUT2D eigenvalue weighted by molar-refractivity contribution is 6.79. The highest BCUT2D eigenvalue weighted by Gasteiger charge is 2.24. The van der Waals surface area contributed by atoms with Crippen molar-refractivity contribution in [2.24, 2.45) is 0 Å². The van der Waals surface area contributed by atoms with E-state index in [9.17, 15) is 0 Å². The van der Waals surface area contributed by atoms with Crippen LogP contribution >= 0.6 is 0 Å². The predicted octanol–water partition coefficient (Wildman–Crippen LogP) is 4.46. The molecule has 0 aromatic heterocycles. The molecule has 0 bridgehead atoms. The van der Waals surface area contributed by atoms with E-state index in [1.165, 1.54) is 18.9 Å². The van der Waals surface area contributed by atoms with Gasteiger partial charge in [-0.1, -0.05) is 58.0 Å². The summed E-state index contributed by atoms with van der Waals surface area (Å²) >= 11 is 0. The van der Waals surface area contributed by atoms with Gasteiger partial charge >= 0.3 is 0 Å². The third-order valence-corrected chi connectivity index (χ3v) is 7.19. The number of hydrogen-bond acceptors (Lipinski definition) is 0. The fraction of sp³-hybridized carbons (Fsp3) is 0.818. The Labute approximate surface area is 79.1 Å². The number of hydrogen-bond donors (Lipinski definition) is 0. The molecule has 0 nitrogen and oxygen atoms in total. The van der Waals surface area contributed by atoms with Crippen LogP contribution in [-0.4, -0.2) is 8.07 Å². The van der Waals surface area contributed by atoms with Crippen molar-refractivity contribution in [1.29, 1.82) is 0 Å². The van der Waals surface area contributed by atoms with E-state index >= 15 is 0 Å². The molecule has 0 radical (unpaired) electrons. The van der Waals surface area contributed by atoms with Crippen molar-refractivity contribution in [2.75, 3.05) is 0 Å². The summed E-state index contributed by atoms with van der Waals surface area (Å²) in [6.07, 6.45) is 7.34. The van der Waals surface area contributed by atoms with Crippen molar-refractivity contribution >= 4 is 8.07 Å². The van der Waals surface area contributed by atoms with Gasteiger partial charge in [0.05, 0.1) is 8.07 Å². The van der Waals surface area contributed by atoms with Gasteiger partial charge in [-0.25, -0.2) is 0 Å². The zero-order valence-corrected chi connectivity index (χ0v) is 10.4. The van der Waals surface area contributed by atoms with E-state index in [2.05, 4.69) is 46.0 Å². The number of unbranched alkanes of at least 4 members (excludes halogenated alkanes) is 1. The second-order valence-electron chi connectivity index (χ2n) is 4.41. The minimum atomic E-state index is -0.935. The minimum Gasteiger partial charge on any atom is -0.0917 e. The van der Waals surface area contributed by atoms with Gasteiger partial charge in [0.15, 0.2) is 0 Å². The third-order valence-electron chi connectivity index (χ3n) is 2.89. The smallest absolute Gasteiger partial charge is 0.0540 e. The molecule has 72 valence electrons. The molecule has 1 heteroatoms. The van der Waals surface area contributed by atoms with Gasteiger partial charge in [0.1, 0.15) is 0 Å². The fourth-order valence-electron chi connectivity index (χ4n) is 1.41. The first-order valence-corrected chi connectivity index (χ1v) is 8.46. The van der Waals surface area contributed by atoms with Crippen LogP contribution in [-0.2, 0) is 0 Å². The molecule has 0 amide bonds. The standard InChI is InChI=1S/C11H24Si/c1-6-8-10-12(4,5)11(3)9-7-2/h7,9,11H,6,8,10H2,1-5H3/b9-7-.